The van der Waals surface area contributed by atoms with Crippen molar-refractivity contribution in [3.05, 3.63) is 96.1 Å². The van der Waals surface area contributed by atoms with E-state index in [-0.39, 0.29) is 11.3 Å². The molecule has 0 saturated heterocycles. The van der Waals surface area contributed by atoms with E-state index < -0.39 is 30.1 Å². The highest BCUT2D eigenvalue weighted by Gasteiger charge is 2.17. The van der Waals surface area contributed by atoms with E-state index in [1.807, 2.05) is 36.4 Å². The number of carbonyl (C=O) groups excluding carboxylic acids is 2. The van der Waals surface area contributed by atoms with Crippen molar-refractivity contribution in [2.75, 3.05) is 11.9 Å². The normalized spacial score (nSPS) is 10.6. The number of para-hydroxylation sites is 1. The van der Waals surface area contributed by atoms with Crippen LogP contribution in [-0.4, -0.2) is 23.5 Å². The molecule has 0 aliphatic rings. The maximum atomic E-state index is 13.7. The van der Waals surface area contributed by atoms with Crippen molar-refractivity contribution in [2.24, 2.45) is 0 Å². The van der Waals surface area contributed by atoms with Gasteiger partial charge in [-0.25, -0.2) is 18.6 Å². The predicted octanol–water partition coefficient (Wildman–Crippen LogP) is 4.98. The van der Waals surface area contributed by atoms with Crippen molar-refractivity contribution in [3.8, 4) is 11.3 Å². The van der Waals surface area contributed by atoms with Crippen LogP contribution in [0.4, 0.5) is 14.5 Å². The van der Waals surface area contributed by atoms with Crippen molar-refractivity contribution < 1.29 is 23.1 Å². The zero-order valence-corrected chi connectivity index (χ0v) is 16.1. The monoisotopic (exact) mass is 418 g/mol. The Morgan fingerprint density at radius 1 is 0.903 bits per heavy atom. The predicted molar refractivity (Wildman–Crippen MR) is 112 cm³/mol. The molecule has 5 nitrogen and oxygen atoms in total. The first-order valence-corrected chi connectivity index (χ1v) is 9.38. The quantitative estimate of drug-likeness (QED) is 0.465. The molecule has 0 radical (unpaired) electrons. The third kappa shape index (κ3) is 4.56. The van der Waals surface area contributed by atoms with Gasteiger partial charge in [0.15, 0.2) is 6.61 Å². The Morgan fingerprint density at radius 2 is 1.65 bits per heavy atom. The number of aromatic nitrogens is 1. The van der Waals surface area contributed by atoms with Crippen LogP contribution >= 0.6 is 0 Å². The number of hydrogen-bond donors (Lipinski definition) is 1. The molecule has 154 valence electrons. The number of esters is 1. The molecule has 7 heteroatoms. The molecule has 1 heterocycles. The van der Waals surface area contributed by atoms with Crippen LogP contribution in [0.15, 0.2) is 78.9 Å². The third-order valence-electron chi connectivity index (χ3n) is 4.55. The average molecular weight is 418 g/mol. The number of amides is 1. The van der Waals surface area contributed by atoms with Crippen molar-refractivity contribution in [2.45, 2.75) is 0 Å². The van der Waals surface area contributed by atoms with Gasteiger partial charge in [-0.3, -0.25) is 4.79 Å². The minimum Gasteiger partial charge on any atom is -0.452 e. The van der Waals surface area contributed by atoms with Crippen LogP contribution in [0.2, 0.25) is 0 Å². The molecule has 31 heavy (non-hydrogen) atoms. The second-order valence-corrected chi connectivity index (χ2v) is 6.69. The maximum Gasteiger partial charge on any atom is 0.339 e. The molecule has 0 saturated carbocycles. The largest absolute Gasteiger partial charge is 0.452 e. The fourth-order valence-electron chi connectivity index (χ4n) is 3.09. The summed E-state index contributed by atoms with van der Waals surface area (Å²) in [5, 5.41) is 2.83. The van der Waals surface area contributed by atoms with E-state index in [9.17, 15) is 18.4 Å². The summed E-state index contributed by atoms with van der Waals surface area (Å²) in [5.41, 5.74) is 2.07. The van der Waals surface area contributed by atoms with E-state index in [4.69, 9.17) is 4.74 Å². The minimum absolute atomic E-state index is 0.205. The average Bonchev–Trinajstić information content (AvgIpc) is 2.79. The van der Waals surface area contributed by atoms with Crippen LogP contribution in [0.5, 0.6) is 0 Å². The summed E-state index contributed by atoms with van der Waals surface area (Å²) in [4.78, 5) is 29.4. The number of fused-ring (bicyclic) bond motifs is 1. The van der Waals surface area contributed by atoms with E-state index in [0.717, 1.165) is 17.7 Å². The first-order valence-electron chi connectivity index (χ1n) is 9.38. The summed E-state index contributed by atoms with van der Waals surface area (Å²) in [5.74, 6) is -3.15. The van der Waals surface area contributed by atoms with Crippen molar-refractivity contribution in [3.63, 3.8) is 0 Å². The summed E-state index contributed by atoms with van der Waals surface area (Å²) in [6, 6.07) is 20.8. The molecule has 4 aromatic rings. The van der Waals surface area contributed by atoms with Gasteiger partial charge in [-0.1, -0.05) is 48.5 Å². The van der Waals surface area contributed by atoms with Gasteiger partial charge in [0.1, 0.15) is 11.6 Å². The molecule has 1 aromatic heterocycles. The molecule has 0 fully saturated rings. The lowest BCUT2D eigenvalue weighted by Crippen LogP contribution is -2.21. The van der Waals surface area contributed by atoms with E-state index in [2.05, 4.69) is 10.3 Å². The Morgan fingerprint density at radius 3 is 2.42 bits per heavy atom. The topological polar surface area (TPSA) is 68.3 Å². The summed E-state index contributed by atoms with van der Waals surface area (Å²) in [7, 11) is 0. The van der Waals surface area contributed by atoms with E-state index in [1.54, 1.807) is 24.3 Å². The number of nitrogens with zero attached hydrogens (tertiary/aromatic N) is 1. The van der Waals surface area contributed by atoms with Crippen LogP contribution < -0.4 is 5.32 Å². The number of benzene rings is 3. The zero-order chi connectivity index (χ0) is 21.8. The number of nitrogens with one attached hydrogen (secondary N) is 1. The van der Waals surface area contributed by atoms with Crippen LogP contribution in [0, 0.1) is 11.6 Å². The summed E-state index contributed by atoms with van der Waals surface area (Å²) >= 11 is 0. The molecule has 0 aliphatic heterocycles. The Balaban J connectivity index is 1.55. The van der Waals surface area contributed by atoms with Gasteiger partial charge in [0.05, 0.1) is 22.5 Å². The summed E-state index contributed by atoms with van der Waals surface area (Å²) in [6.07, 6.45) is 0. The fourth-order valence-corrected chi connectivity index (χ4v) is 3.09. The molecule has 1 N–H and O–H groups in total. The molecular formula is C24H16F2N2O3. The van der Waals surface area contributed by atoms with Crippen LogP contribution in [0.25, 0.3) is 22.2 Å². The molecule has 0 unspecified atom stereocenters. The van der Waals surface area contributed by atoms with Gasteiger partial charge in [0.2, 0.25) is 0 Å². The standard InChI is InChI=1S/C24H16F2N2O3/c25-16-10-11-21(19(26)12-16)28-23(29)14-31-24(30)18-13-22(15-6-2-1-3-7-15)27-20-9-5-4-8-17(18)20/h1-13H,14H2,(H,28,29). The second-order valence-electron chi connectivity index (χ2n) is 6.69. The third-order valence-corrected chi connectivity index (χ3v) is 4.55. The number of halogens is 2. The summed E-state index contributed by atoms with van der Waals surface area (Å²) < 4.78 is 31.8. The van der Waals surface area contributed by atoms with Gasteiger partial charge < -0.3 is 10.1 Å². The summed E-state index contributed by atoms with van der Waals surface area (Å²) in [6.45, 7) is -0.632. The Kier molecular flexibility index (Phi) is 5.66. The highest BCUT2D eigenvalue weighted by atomic mass is 19.1. The van der Waals surface area contributed by atoms with Gasteiger partial charge in [-0.15, -0.1) is 0 Å². The molecule has 0 bridgehead atoms. The Hall–Kier alpha value is -4.13. The molecule has 0 aliphatic carbocycles. The lowest BCUT2D eigenvalue weighted by atomic mass is 10.0. The van der Waals surface area contributed by atoms with E-state index >= 15 is 0 Å². The smallest absolute Gasteiger partial charge is 0.339 e. The second kappa shape index (κ2) is 8.71. The first-order chi connectivity index (χ1) is 15.0. The molecule has 0 spiro atoms. The number of rotatable bonds is 5. The van der Waals surface area contributed by atoms with E-state index in [1.165, 1.54) is 0 Å². The molecule has 3 aromatic carbocycles. The van der Waals surface area contributed by atoms with Crippen LogP contribution in [-0.2, 0) is 9.53 Å². The van der Waals surface area contributed by atoms with Gasteiger partial charge in [0, 0.05) is 17.0 Å². The Labute approximate surface area is 176 Å². The van der Waals surface area contributed by atoms with Crippen LogP contribution in [0.3, 0.4) is 0 Å². The van der Waals surface area contributed by atoms with Gasteiger partial charge in [-0.05, 0) is 24.3 Å². The molecule has 1 amide bonds. The van der Waals surface area contributed by atoms with Crippen molar-refractivity contribution >= 4 is 28.5 Å². The maximum absolute atomic E-state index is 13.7. The highest BCUT2D eigenvalue weighted by Crippen LogP contribution is 2.25. The number of anilines is 1. The Bertz CT molecular complexity index is 1280. The first kappa shape index (κ1) is 20.2. The lowest BCUT2D eigenvalue weighted by Gasteiger charge is -2.11. The number of carbonyl (C=O) groups is 2. The van der Waals surface area contributed by atoms with E-state index in [0.29, 0.717) is 22.7 Å². The SMILES string of the molecule is O=C(COC(=O)c1cc(-c2ccccc2)nc2ccccc12)Nc1ccc(F)cc1F. The fraction of sp³-hybridized carbons (Fsp3) is 0.0417. The molecule has 4 rings (SSSR count). The van der Waals surface area contributed by atoms with Crippen molar-refractivity contribution in [1.29, 1.82) is 0 Å². The minimum atomic E-state index is -0.924. The van der Waals surface area contributed by atoms with Crippen LogP contribution in [0.1, 0.15) is 10.4 Å². The number of hydrogen-bond acceptors (Lipinski definition) is 4. The highest BCUT2D eigenvalue weighted by molar-refractivity contribution is 6.05. The van der Waals surface area contributed by atoms with Gasteiger partial charge in [-0.2, -0.15) is 0 Å². The number of ether oxygens (including phenoxy) is 1. The zero-order valence-electron chi connectivity index (χ0n) is 16.1. The molecule has 0 atom stereocenters. The van der Waals surface area contributed by atoms with Gasteiger partial charge in [0.25, 0.3) is 5.91 Å². The number of pyridine rings is 1. The lowest BCUT2D eigenvalue weighted by molar-refractivity contribution is -0.119. The molecular weight excluding hydrogens is 402 g/mol. The van der Waals surface area contributed by atoms with Gasteiger partial charge >= 0.3 is 5.97 Å². The van der Waals surface area contributed by atoms with Crippen molar-refractivity contribution in [1.82, 2.24) is 4.98 Å².